The maximum atomic E-state index is 12.8. The summed E-state index contributed by atoms with van der Waals surface area (Å²) in [6.45, 7) is 3.27. The summed E-state index contributed by atoms with van der Waals surface area (Å²) in [5.41, 5.74) is 9.39. The SMILES string of the molecule is CNc1cc(C)nc(Nc2ccc(OC)c(NC(=O)C3=C(N)CN(C)CC3)c2)n1. The molecule has 0 saturated carbocycles. The van der Waals surface area contributed by atoms with Gasteiger partial charge in [-0.3, -0.25) is 4.79 Å². The van der Waals surface area contributed by atoms with Crippen molar-refractivity contribution in [3.05, 3.63) is 41.2 Å². The highest BCUT2D eigenvalue weighted by Gasteiger charge is 2.21. The van der Waals surface area contributed by atoms with Gasteiger partial charge in [-0.25, -0.2) is 4.98 Å². The number of amides is 1. The van der Waals surface area contributed by atoms with E-state index in [1.165, 1.54) is 0 Å². The van der Waals surface area contributed by atoms with Gasteiger partial charge in [0.1, 0.15) is 11.6 Å². The van der Waals surface area contributed by atoms with Gasteiger partial charge in [-0.05, 0) is 38.6 Å². The zero-order valence-electron chi connectivity index (χ0n) is 17.2. The van der Waals surface area contributed by atoms with Crippen LogP contribution in [0.15, 0.2) is 35.5 Å². The van der Waals surface area contributed by atoms with Crippen LogP contribution in [0.25, 0.3) is 0 Å². The van der Waals surface area contributed by atoms with Gasteiger partial charge < -0.3 is 31.3 Å². The Morgan fingerprint density at radius 2 is 2.07 bits per heavy atom. The normalized spacial score (nSPS) is 14.5. The Morgan fingerprint density at radius 1 is 1.28 bits per heavy atom. The second-order valence-corrected chi connectivity index (χ2v) is 6.95. The summed E-state index contributed by atoms with van der Waals surface area (Å²) in [6.07, 6.45) is 0.609. The molecule has 1 aliphatic rings. The van der Waals surface area contributed by atoms with Gasteiger partial charge in [0.15, 0.2) is 0 Å². The van der Waals surface area contributed by atoms with Crippen LogP contribution in [0.2, 0.25) is 0 Å². The molecule has 1 amide bonds. The Morgan fingerprint density at radius 3 is 2.76 bits per heavy atom. The Hall–Kier alpha value is -3.33. The van der Waals surface area contributed by atoms with Crippen molar-refractivity contribution in [2.75, 3.05) is 50.2 Å². The number of hydrogen-bond donors (Lipinski definition) is 4. The van der Waals surface area contributed by atoms with E-state index in [4.69, 9.17) is 10.5 Å². The number of aromatic nitrogens is 2. The topological polar surface area (TPSA) is 117 Å². The van der Waals surface area contributed by atoms with E-state index in [9.17, 15) is 4.79 Å². The summed E-state index contributed by atoms with van der Waals surface area (Å²) >= 11 is 0. The lowest BCUT2D eigenvalue weighted by Gasteiger charge is -2.25. The predicted octanol–water partition coefficient (Wildman–Crippen LogP) is 2.07. The van der Waals surface area contributed by atoms with Crippen LogP contribution in [-0.2, 0) is 4.79 Å². The average molecular weight is 397 g/mol. The first-order chi connectivity index (χ1) is 13.9. The van der Waals surface area contributed by atoms with E-state index in [-0.39, 0.29) is 5.91 Å². The van der Waals surface area contributed by atoms with Gasteiger partial charge in [-0.2, -0.15) is 4.98 Å². The number of benzene rings is 1. The van der Waals surface area contributed by atoms with Gasteiger partial charge in [-0.15, -0.1) is 0 Å². The summed E-state index contributed by atoms with van der Waals surface area (Å²) in [4.78, 5) is 23.6. The van der Waals surface area contributed by atoms with Crippen molar-refractivity contribution in [3.8, 4) is 5.75 Å². The van der Waals surface area contributed by atoms with Crippen molar-refractivity contribution in [2.45, 2.75) is 13.3 Å². The van der Waals surface area contributed by atoms with E-state index in [2.05, 4.69) is 30.8 Å². The van der Waals surface area contributed by atoms with Crippen LogP contribution in [0.3, 0.4) is 0 Å². The number of carbonyl (C=O) groups excluding carboxylic acids is 1. The highest BCUT2D eigenvalue weighted by molar-refractivity contribution is 6.05. The molecule has 29 heavy (non-hydrogen) atoms. The van der Waals surface area contributed by atoms with Crippen molar-refractivity contribution in [1.82, 2.24) is 14.9 Å². The standard InChI is InChI=1S/C20H27N7O2/c1-12-9-18(22-2)26-20(23-12)24-13-5-6-17(29-4)16(10-13)25-19(28)14-7-8-27(3)11-15(14)21/h5-6,9-10H,7-8,11,21H2,1-4H3,(H,25,28)(H2,22,23,24,26). The van der Waals surface area contributed by atoms with Gasteiger partial charge in [0.25, 0.3) is 5.91 Å². The second kappa shape index (κ2) is 8.78. The van der Waals surface area contributed by atoms with Crippen molar-refractivity contribution in [2.24, 2.45) is 5.73 Å². The van der Waals surface area contributed by atoms with E-state index in [0.717, 1.165) is 17.9 Å². The first-order valence-electron chi connectivity index (χ1n) is 9.35. The zero-order chi connectivity index (χ0) is 21.0. The van der Waals surface area contributed by atoms with E-state index in [0.29, 0.717) is 47.4 Å². The lowest BCUT2D eigenvalue weighted by molar-refractivity contribution is -0.113. The number of carbonyl (C=O) groups is 1. The summed E-state index contributed by atoms with van der Waals surface area (Å²) in [7, 11) is 5.34. The van der Waals surface area contributed by atoms with Crippen LogP contribution in [0, 0.1) is 6.92 Å². The molecule has 9 nitrogen and oxygen atoms in total. The molecule has 154 valence electrons. The van der Waals surface area contributed by atoms with Crippen LogP contribution in [0.4, 0.5) is 23.1 Å². The minimum absolute atomic E-state index is 0.213. The molecule has 0 aliphatic carbocycles. The van der Waals surface area contributed by atoms with Crippen LogP contribution in [0.1, 0.15) is 12.1 Å². The Balaban J connectivity index is 1.83. The number of aryl methyl sites for hydroxylation is 1. The fourth-order valence-electron chi connectivity index (χ4n) is 3.15. The second-order valence-electron chi connectivity index (χ2n) is 6.95. The molecular formula is C20H27N7O2. The third kappa shape index (κ3) is 4.94. The van der Waals surface area contributed by atoms with Gasteiger partial charge in [0.05, 0.1) is 12.8 Å². The summed E-state index contributed by atoms with van der Waals surface area (Å²) < 4.78 is 5.40. The van der Waals surface area contributed by atoms with E-state index < -0.39 is 0 Å². The molecule has 1 aliphatic heterocycles. The maximum Gasteiger partial charge on any atom is 0.253 e. The molecule has 0 radical (unpaired) electrons. The number of ether oxygens (including phenoxy) is 1. The fraction of sp³-hybridized carbons (Fsp3) is 0.350. The first-order valence-corrected chi connectivity index (χ1v) is 9.35. The molecule has 0 saturated heterocycles. The van der Waals surface area contributed by atoms with E-state index in [1.54, 1.807) is 26.3 Å². The number of anilines is 4. The summed E-state index contributed by atoms with van der Waals surface area (Å²) in [5.74, 6) is 1.51. The number of nitrogens with two attached hydrogens (primary N) is 1. The van der Waals surface area contributed by atoms with Crippen LogP contribution in [0.5, 0.6) is 5.75 Å². The Labute approximate surface area is 170 Å². The Kier molecular flexibility index (Phi) is 6.18. The number of rotatable bonds is 6. The molecule has 5 N–H and O–H groups in total. The van der Waals surface area contributed by atoms with Gasteiger partial charge >= 0.3 is 0 Å². The highest BCUT2D eigenvalue weighted by Crippen LogP contribution is 2.30. The molecule has 1 aromatic heterocycles. The quantitative estimate of drug-likeness (QED) is 0.585. The lowest BCUT2D eigenvalue weighted by atomic mass is 10.0. The highest BCUT2D eigenvalue weighted by atomic mass is 16.5. The van der Waals surface area contributed by atoms with E-state index in [1.807, 2.05) is 26.1 Å². The van der Waals surface area contributed by atoms with Crippen LogP contribution >= 0.6 is 0 Å². The van der Waals surface area contributed by atoms with Gasteiger partial charge in [0.2, 0.25) is 5.95 Å². The Bertz CT molecular complexity index is 942. The van der Waals surface area contributed by atoms with Gasteiger partial charge in [-0.1, -0.05) is 0 Å². The molecular weight excluding hydrogens is 370 g/mol. The minimum Gasteiger partial charge on any atom is -0.495 e. The molecule has 3 rings (SSSR count). The third-order valence-electron chi connectivity index (χ3n) is 4.66. The zero-order valence-corrected chi connectivity index (χ0v) is 17.2. The van der Waals surface area contributed by atoms with Crippen LogP contribution < -0.4 is 26.4 Å². The predicted molar refractivity (Wildman–Crippen MR) is 115 cm³/mol. The third-order valence-corrected chi connectivity index (χ3v) is 4.66. The van der Waals surface area contributed by atoms with Crippen molar-refractivity contribution >= 4 is 29.0 Å². The number of likely N-dealkylation sites (N-methyl/N-ethyl adjacent to an activating group) is 1. The molecule has 9 heteroatoms. The first kappa shape index (κ1) is 20.4. The number of nitrogens with zero attached hydrogens (tertiary/aromatic N) is 3. The van der Waals surface area contributed by atoms with Gasteiger partial charge in [0, 0.05) is 48.9 Å². The molecule has 2 aromatic rings. The minimum atomic E-state index is -0.213. The molecule has 0 spiro atoms. The average Bonchev–Trinajstić information content (AvgIpc) is 2.67. The molecule has 1 aromatic carbocycles. The molecule has 0 atom stereocenters. The fourth-order valence-corrected chi connectivity index (χ4v) is 3.15. The molecule has 0 fully saturated rings. The lowest BCUT2D eigenvalue weighted by Crippen LogP contribution is -2.34. The smallest absolute Gasteiger partial charge is 0.253 e. The van der Waals surface area contributed by atoms with E-state index >= 15 is 0 Å². The monoisotopic (exact) mass is 397 g/mol. The number of methoxy groups -OCH3 is 1. The van der Waals surface area contributed by atoms with Crippen molar-refractivity contribution < 1.29 is 9.53 Å². The maximum absolute atomic E-state index is 12.8. The molecule has 2 heterocycles. The van der Waals surface area contributed by atoms with Crippen molar-refractivity contribution in [1.29, 1.82) is 0 Å². The molecule has 0 bridgehead atoms. The number of nitrogens with one attached hydrogen (secondary N) is 3. The number of hydrogen-bond acceptors (Lipinski definition) is 8. The summed E-state index contributed by atoms with van der Waals surface area (Å²) in [5, 5.41) is 9.09. The summed E-state index contributed by atoms with van der Waals surface area (Å²) in [6, 6.07) is 7.25. The largest absolute Gasteiger partial charge is 0.495 e. The van der Waals surface area contributed by atoms with Crippen LogP contribution in [-0.4, -0.2) is 55.1 Å². The molecule has 0 unspecified atom stereocenters. The van der Waals surface area contributed by atoms with Crippen molar-refractivity contribution in [3.63, 3.8) is 0 Å².